The van der Waals surface area contributed by atoms with Gasteiger partial charge in [0.05, 0.1) is 26.4 Å². The average Bonchev–Trinajstić information content (AvgIpc) is 3.37. The van der Waals surface area contributed by atoms with Crippen LogP contribution in [-0.2, 0) is 65.4 Å². The first-order chi connectivity index (χ1) is 35.6. The SMILES string of the molecule is CCCCCCCCCCCC(=O)OC[C@H](COP(=O)(O)OC[C@@H](O)COP(=O)(O)OC[C@@H](COC(=O)CCCCCCC)OC(=O)CCCCCCCCCC)OC(=O)CCCCCCCCCCC(C)CC. The van der Waals surface area contributed by atoms with Crippen LogP contribution < -0.4 is 0 Å². The number of aliphatic hydroxyl groups is 1. The molecule has 0 saturated carbocycles. The van der Waals surface area contributed by atoms with E-state index in [1.165, 1.54) is 77.0 Å². The summed E-state index contributed by atoms with van der Waals surface area (Å²) in [7, 11) is -9.85. The van der Waals surface area contributed by atoms with Crippen molar-refractivity contribution in [3.05, 3.63) is 0 Å². The van der Waals surface area contributed by atoms with Gasteiger partial charge >= 0.3 is 39.5 Å². The van der Waals surface area contributed by atoms with Crippen molar-refractivity contribution in [2.24, 2.45) is 5.92 Å². The number of ether oxygens (including phenoxy) is 4. The Balaban J connectivity index is 5.18. The molecule has 0 amide bonds. The number of aliphatic hydroxyl groups excluding tert-OH is 1. The lowest BCUT2D eigenvalue weighted by molar-refractivity contribution is -0.161. The second-order valence-electron chi connectivity index (χ2n) is 20.2. The smallest absolute Gasteiger partial charge is 0.462 e. The lowest BCUT2D eigenvalue weighted by Crippen LogP contribution is -2.30. The quantitative estimate of drug-likeness (QED) is 0.0222. The van der Waals surface area contributed by atoms with E-state index in [0.717, 1.165) is 109 Å². The first kappa shape index (κ1) is 72.1. The molecular formula is C55H106O17P2. The molecule has 3 unspecified atom stereocenters. The number of phosphoric acid groups is 2. The van der Waals surface area contributed by atoms with Gasteiger partial charge in [-0.05, 0) is 31.6 Å². The average molecular weight is 1100 g/mol. The molecule has 0 aliphatic heterocycles. The second-order valence-corrected chi connectivity index (χ2v) is 23.1. The molecule has 0 spiro atoms. The van der Waals surface area contributed by atoms with Crippen LogP contribution >= 0.6 is 15.6 Å². The number of esters is 4. The van der Waals surface area contributed by atoms with Gasteiger partial charge in [0.1, 0.15) is 19.3 Å². The van der Waals surface area contributed by atoms with Crippen molar-refractivity contribution in [2.75, 3.05) is 39.6 Å². The van der Waals surface area contributed by atoms with Gasteiger partial charge in [-0.15, -0.1) is 0 Å². The number of rotatable bonds is 55. The van der Waals surface area contributed by atoms with Crippen LogP contribution in [0, 0.1) is 5.92 Å². The van der Waals surface area contributed by atoms with Gasteiger partial charge in [0.25, 0.3) is 0 Å². The van der Waals surface area contributed by atoms with Crippen molar-refractivity contribution in [1.29, 1.82) is 0 Å². The zero-order valence-corrected chi connectivity index (χ0v) is 48.7. The van der Waals surface area contributed by atoms with E-state index < -0.39 is 97.5 Å². The maximum atomic E-state index is 12.9. The van der Waals surface area contributed by atoms with Crippen molar-refractivity contribution in [3.8, 4) is 0 Å². The molecule has 0 aromatic carbocycles. The molecule has 0 saturated heterocycles. The molecule has 3 N–H and O–H groups in total. The van der Waals surface area contributed by atoms with Gasteiger partial charge in [-0.25, -0.2) is 9.13 Å². The highest BCUT2D eigenvalue weighted by Gasteiger charge is 2.30. The van der Waals surface area contributed by atoms with Gasteiger partial charge in [-0.3, -0.25) is 37.3 Å². The largest absolute Gasteiger partial charge is 0.472 e. The lowest BCUT2D eigenvalue weighted by Gasteiger charge is -2.21. The van der Waals surface area contributed by atoms with Gasteiger partial charge < -0.3 is 33.8 Å². The zero-order valence-electron chi connectivity index (χ0n) is 47.0. The Bertz CT molecular complexity index is 1470. The van der Waals surface area contributed by atoms with Crippen LogP contribution in [0.1, 0.15) is 266 Å². The number of phosphoric ester groups is 2. The van der Waals surface area contributed by atoms with Crippen LogP contribution in [0.5, 0.6) is 0 Å². The Morgan fingerprint density at radius 1 is 0.378 bits per heavy atom. The molecule has 0 rings (SSSR count). The summed E-state index contributed by atoms with van der Waals surface area (Å²) in [4.78, 5) is 71.4. The zero-order chi connectivity index (χ0) is 55.0. The van der Waals surface area contributed by atoms with E-state index in [0.29, 0.717) is 25.7 Å². The highest BCUT2D eigenvalue weighted by atomic mass is 31.2. The van der Waals surface area contributed by atoms with Crippen LogP contribution in [0.2, 0.25) is 0 Å². The van der Waals surface area contributed by atoms with Gasteiger partial charge in [0.2, 0.25) is 0 Å². The molecular weight excluding hydrogens is 995 g/mol. The highest BCUT2D eigenvalue weighted by molar-refractivity contribution is 7.47. The summed E-state index contributed by atoms with van der Waals surface area (Å²) in [6, 6.07) is 0. The minimum absolute atomic E-state index is 0.104. The fourth-order valence-corrected chi connectivity index (χ4v) is 9.54. The molecule has 0 fully saturated rings. The van der Waals surface area contributed by atoms with E-state index in [-0.39, 0.29) is 25.7 Å². The van der Waals surface area contributed by atoms with Crippen LogP contribution in [-0.4, -0.2) is 96.7 Å². The minimum atomic E-state index is -4.93. The fourth-order valence-electron chi connectivity index (χ4n) is 7.96. The molecule has 0 aliphatic rings. The molecule has 17 nitrogen and oxygen atoms in total. The second kappa shape index (κ2) is 49.4. The normalized spacial score (nSPS) is 14.9. The van der Waals surface area contributed by atoms with Crippen LogP contribution in [0.3, 0.4) is 0 Å². The summed E-state index contributed by atoms with van der Waals surface area (Å²) in [6.07, 6.45) is 29.7. The van der Waals surface area contributed by atoms with Gasteiger partial charge in [0, 0.05) is 25.7 Å². The maximum Gasteiger partial charge on any atom is 0.472 e. The number of carbonyl (C=O) groups is 4. The summed E-state index contributed by atoms with van der Waals surface area (Å²) >= 11 is 0. The predicted molar refractivity (Wildman–Crippen MR) is 289 cm³/mol. The van der Waals surface area contributed by atoms with Crippen LogP contribution in [0.4, 0.5) is 0 Å². The van der Waals surface area contributed by atoms with Gasteiger partial charge in [0.15, 0.2) is 12.2 Å². The molecule has 0 aromatic rings. The van der Waals surface area contributed by atoms with E-state index in [1.807, 2.05) is 0 Å². The number of unbranched alkanes of at least 4 members (excludes halogenated alkanes) is 26. The number of carbonyl (C=O) groups excluding carboxylic acids is 4. The Morgan fingerprint density at radius 2 is 0.649 bits per heavy atom. The summed E-state index contributed by atoms with van der Waals surface area (Å²) in [5, 5.41) is 10.4. The Kier molecular flexibility index (Phi) is 48.1. The highest BCUT2D eigenvalue weighted by Crippen LogP contribution is 2.45. The topological polar surface area (TPSA) is 237 Å². The standard InChI is InChI=1S/C55H106O17P2/c1-6-10-13-16-18-20-25-29-34-39-53(58)66-45-51(72-55(60)41-36-31-26-22-21-23-28-32-37-48(5)9-4)47-70-74(63,64)68-43-49(56)42-67-73(61,62)69-46-50(44-65-52(57)38-33-27-15-12-8-3)71-54(59)40-35-30-24-19-17-14-11-7-2/h48-51,56H,6-47H2,1-5H3,(H,61,62)(H,63,64)/t48?,49-,50+,51+/m0/s1. The Hall–Kier alpha value is -1.94. The molecule has 74 heavy (non-hydrogen) atoms. The summed E-state index contributed by atoms with van der Waals surface area (Å²) in [5.74, 6) is -1.39. The van der Waals surface area contributed by atoms with E-state index in [1.54, 1.807) is 0 Å². The molecule has 19 heteroatoms. The predicted octanol–water partition coefficient (Wildman–Crippen LogP) is 14.3. The van der Waals surface area contributed by atoms with Gasteiger partial charge in [-0.1, -0.05) is 214 Å². The number of hydrogen-bond donors (Lipinski definition) is 3. The minimum Gasteiger partial charge on any atom is -0.462 e. The van der Waals surface area contributed by atoms with Crippen molar-refractivity contribution < 1.29 is 80.2 Å². The van der Waals surface area contributed by atoms with Crippen LogP contribution in [0.15, 0.2) is 0 Å². The van der Waals surface area contributed by atoms with E-state index in [9.17, 15) is 43.2 Å². The van der Waals surface area contributed by atoms with Crippen molar-refractivity contribution in [2.45, 2.75) is 284 Å². The molecule has 0 bridgehead atoms. The third-order valence-electron chi connectivity index (χ3n) is 12.9. The van der Waals surface area contributed by atoms with E-state index in [2.05, 4.69) is 34.6 Å². The van der Waals surface area contributed by atoms with E-state index >= 15 is 0 Å². The molecule has 0 aromatic heterocycles. The molecule has 438 valence electrons. The van der Waals surface area contributed by atoms with Crippen molar-refractivity contribution >= 4 is 39.5 Å². The maximum absolute atomic E-state index is 12.9. The summed E-state index contributed by atoms with van der Waals surface area (Å²) in [6.45, 7) is 6.99. The van der Waals surface area contributed by atoms with Gasteiger partial charge in [-0.2, -0.15) is 0 Å². The lowest BCUT2D eigenvalue weighted by atomic mass is 9.99. The first-order valence-corrected chi connectivity index (χ1v) is 32.2. The fraction of sp³-hybridized carbons (Fsp3) is 0.927. The molecule has 0 heterocycles. The summed E-state index contributed by atoms with van der Waals surface area (Å²) in [5.41, 5.74) is 0. The monoisotopic (exact) mass is 1100 g/mol. The number of hydrogen-bond acceptors (Lipinski definition) is 15. The summed E-state index contributed by atoms with van der Waals surface area (Å²) < 4.78 is 67.3. The van der Waals surface area contributed by atoms with Crippen molar-refractivity contribution in [1.82, 2.24) is 0 Å². The first-order valence-electron chi connectivity index (χ1n) is 29.2. The molecule has 0 aliphatic carbocycles. The Labute approximate surface area is 447 Å². The molecule has 6 atom stereocenters. The molecule has 0 radical (unpaired) electrons. The van der Waals surface area contributed by atoms with E-state index in [4.69, 9.17) is 37.0 Å². The van der Waals surface area contributed by atoms with Crippen molar-refractivity contribution in [3.63, 3.8) is 0 Å². The third-order valence-corrected chi connectivity index (χ3v) is 14.8. The Morgan fingerprint density at radius 3 is 0.959 bits per heavy atom. The third kappa shape index (κ3) is 48.4. The van der Waals surface area contributed by atoms with Crippen LogP contribution in [0.25, 0.3) is 0 Å².